The third kappa shape index (κ3) is 2.59. The molecule has 1 aliphatic heterocycles. The van der Waals surface area contributed by atoms with E-state index in [2.05, 4.69) is 5.32 Å². The number of carbonyl (C=O) groups is 2. The van der Waals surface area contributed by atoms with Crippen LogP contribution >= 0.6 is 0 Å². The van der Waals surface area contributed by atoms with Crippen molar-refractivity contribution in [3.8, 4) is 0 Å². The number of nitrogens with one attached hydrogen (secondary N) is 1. The van der Waals surface area contributed by atoms with Gasteiger partial charge in [-0.25, -0.2) is 0 Å². The zero-order valence-electron chi connectivity index (χ0n) is 10.3. The summed E-state index contributed by atoms with van der Waals surface area (Å²) in [4.78, 5) is 24.9. The number of amides is 1. The van der Waals surface area contributed by atoms with E-state index in [1.807, 2.05) is 7.05 Å². The van der Waals surface area contributed by atoms with Crippen LogP contribution in [-0.2, 0) is 14.3 Å². The molecule has 0 spiro atoms. The molecule has 2 unspecified atom stereocenters. The summed E-state index contributed by atoms with van der Waals surface area (Å²) < 4.78 is 5.30. The van der Waals surface area contributed by atoms with Gasteiger partial charge in [-0.2, -0.15) is 0 Å². The first kappa shape index (κ1) is 13.1. The highest BCUT2D eigenvalue weighted by Gasteiger charge is 2.35. The van der Waals surface area contributed by atoms with Crippen LogP contribution in [0.25, 0.3) is 0 Å². The van der Waals surface area contributed by atoms with E-state index < -0.39 is 5.91 Å². The van der Waals surface area contributed by atoms with Crippen LogP contribution in [0.15, 0.2) is 0 Å². The molecular weight excluding hydrogens is 208 g/mol. The van der Waals surface area contributed by atoms with Crippen LogP contribution in [0.2, 0.25) is 0 Å². The van der Waals surface area contributed by atoms with E-state index in [0.717, 1.165) is 0 Å². The second-order valence-electron chi connectivity index (χ2n) is 4.43. The van der Waals surface area contributed by atoms with Crippen LogP contribution in [0.3, 0.4) is 0 Å². The molecule has 1 saturated heterocycles. The smallest absolute Gasteiger partial charge is 0.290 e. The maximum atomic E-state index is 11.8. The highest BCUT2D eigenvalue weighted by Crippen LogP contribution is 2.13. The first-order chi connectivity index (χ1) is 7.49. The molecule has 0 bridgehead atoms. The quantitative estimate of drug-likeness (QED) is 0.669. The van der Waals surface area contributed by atoms with Crippen LogP contribution in [0.1, 0.15) is 13.8 Å². The Morgan fingerprint density at radius 2 is 2.00 bits per heavy atom. The van der Waals surface area contributed by atoms with Crippen molar-refractivity contribution >= 4 is 11.7 Å². The molecule has 0 radical (unpaired) electrons. The molecule has 1 aliphatic rings. The van der Waals surface area contributed by atoms with Crippen molar-refractivity contribution in [1.82, 2.24) is 10.2 Å². The summed E-state index contributed by atoms with van der Waals surface area (Å²) in [5, 5.41) is 3.09. The molecule has 1 rings (SSSR count). The molecule has 5 nitrogen and oxygen atoms in total. The molecule has 1 N–H and O–H groups in total. The SMILES string of the molecule is CNC1COCC1N(C)C(=O)C(=O)C(C)C. The summed E-state index contributed by atoms with van der Waals surface area (Å²) in [6.45, 7) is 4.53. The normalized spacial score (nSPS) is 24.8. The number of likely N-dealkylation sites (N-methyl/N-ethyl adjacent to an activating group) is 2. The van der Waals surface area contributed by atoms with E-state index in [1.54, 1.807) is 20.9 Å². The number of Topliss-reactive ketones (excluding diaryl/α,β-unsaturated/α-hetero) is 1. The molecule has 2 atom stereocenters. The maximum absolute atomic E-state index is 11.8. The van der Waals surface area contributed by atoms with E-state index >= 15 is 0 Å². The molecule has 1 fully saturated rings. The molecule has 1 heterocycles. The first-order valence-electron chi connectivity index (χ1n) is 5.55. The highest BCUT2D eigenvalue weighted by atomic mass is 16.5. The molecule has 16 heavy (non-hydrogen) atoms. The Bertz CT molecular complexity index is 278. The second-order valence-corrected chi connectivity index (χ2v) is 4.43. The number of rotatable bonds is 4. The average molecular weight is 228 g/mol. The molecular formula is C11H20N2O3. The Balaban J connectivity index is 2.66. The number of ether oxygens (including phenoxy) is 1. The zero-order chi connectivity index (χ0) is 12.3. The van der Waals surface area contributed by atoms with E-state index in [0.29, 0.717) is 13.2 Å². The van der Waals surface area contributed by atoms with E-state index in [1.165, 1.54) is 4.90 Å². The first-order valence-corrected chi connectivity index (χ1v) is 5.55. The molecule has 1 amide bonds. The van der Waals surface area contributed by atoms with Crippen molar-refractivity contribution < 1.29 is 14.3 Å². The summed E-state index contributed by atoms with van der Waals surface area (Å²) in [5.74, 6) is -1.03. The summed E-state index contributed by atoms with van der Waals surface area (Å²) in [6.07, 6.45) is 0. The summed E-state index contributed by atoms with van der Waals surface area (Å²) in [5.41, 5.74) is 0. The Hall–Kier alpha value is -0.940. The number of hydrogen-bond acceptors (Lipinski definition) is 4. The lowest BCUT2D eigenvalue weighted by molar-refractivity contribution is -0.146. The van der Waals surface area contributed by atoms with Gasteiger partial charge in [-0.1, -0.05) is 13.8 Å². The largest absolute Gasteiger partial charge is 0.378 e. The Morgan fingerprint density at radius 1 is 1.38 bits per heavy atom. The summed E-state index contributed by atoms with van der Waals surface area (Å²) in [7, 11) is 3.49. The fourth-order valence-electron chi connectivity index (χ4n) is 1.77. The van der Waals surface area contributed by atoms with Crippen molar-refractivity contribution in [1.29, 1.82) is 0 Å². The minimum atomic E-state index is -0.425. The van der Waals surface area contributed by atoms with Crippen molar-refractivity contribution in [2.45, 2.75) is 25.9 Å². The fourth-order valence-corrected chi connectivity index (χ4v) is 1.77. The van der Waals surface area contributed by atoms with Gasteiger partial charge >= 0.3 is 0 Å². The van der Waals surface area contributed by atoms with Crippen LogP contribution in [0, 0.1) is 5.92 Å². The molecule has 92 valence electrons. The number of nitrogens with zero attached hydrogens (tertiary/aromatic N) is 1. The van der Waals surface area contributed by atoms with Gasteiger partial charge < -0.3 is 15.0 Å². The number of carbonyl (C=O) groups excluding carboxylic acids is 2. The van der Waals surface area contributed by atoms with Crippen molar-refractivity contribution in [3.63, 3.8) is 0 Å². The lowest BCUT2D eigenvalue weighted by Crippen LogP contribution is -2.51. The minimum absolute atomic E-state index is 0.0554. The maximum Gasteiger partial charge on any atom is 0.290 e. The summed E-state index contributed by atoms with van der Waals surface area (Å²) in [6, 6.07) is 0.0501. The van der Waals surface area contributed by atoms with Gasteiger partial charge in [0, 0.05) is 13.0 Å². The van der Waals surface area contributed by atoms with Gasteiger partial charge in [0.2, 0.25) is 5.78 Å². The third-order valence-electron chi connectivity index (χ3n) is 2.97. The van der Waals surface area contributed by atoms with Crippen molar-refractivity contribution in [2.75, 3.05) is 27.3 Å². The fraction of sp³-hybridized carbons (Fsp3) is 0.818. The van der Waals surface area contributed by atoms with Gasteiger partial charge in [-0.3, -0.25) is 9.59 Å². The average Bonchev–Trinajstić information content (AvgIpc) is 2.73. The summed E-state index contributed by atoms with van der Waals surface area (Å²) >= 11 is 0. The van der Waals surface area contributed by atoms with Gasteiger partial charge in [0.05, 0.1) is 25.3 Å². The molecule has 0 aliphatic carbocycles. The molecule has 0 saturated carbocycles. The molecule has 0 aromatic carbocycles. The predicted octanol–water partition coefficient (Wildman–Crippen LogP) is -0.343. The van der Waals surface area contributed by atoms with Crippen LogP contribution in [0.4, 0.5) is 0 Å². The highest BCUT2D eigenvalue weighted by molar-refractivity contribution is 6.36. The Kier molecular flexibility index (Phi) is 4.44. The number of ketones is 1. The van der Waals surface area contributed by atoms with Crippen molar-refractivity contribution in [2.24, 2.45) is 5.92 Å². The van der Waals surface area contributed by atoms with Gasteiger partial charge in [0.25, 0.3) is 5.91 Å². The van der Waals surface area contributed by atoms with Gasteiger partial charge in [-0.05, 0) is 7.05 Å². The van der Waals surface area contributed by atoms with Crippen LogP contribution < -0.4 is 5.32 Å². The number of hydrogen-bond donors (Lipinski definition) is 1. The van der Waals surface area contributed by atoms with Gasteiger partial charge in [0.1, 0.15) is 0 Å². The van der Waals surface area contributed by atoms with Gasteiger partial charge in [0.15, 0.2) is 0 Å². The third-order valence-corrected chi connectivity index (χ3v) is 2.97. The van der Waals surface area contributed by atoms with Crippen LogP contribution in [0.5, 0.6) is 0 Å². The topological polar surface area (TPSA) is 58.6 Å². The minimum Gasteiger partial charge on any atom is -0.378 e. The Labute approximate surface area is 96.1 Å². The zero-order valence-corrected chi connectivity index (χ0v) is 10.3. The van der Waals surface area contributed by atoms with Crippen molar-refractivity contribution in [3.05, 3.63) is 0 Å². The molecule has 0 aromatic rings. The van der Waals surface area contributed by atoms with Crippen LogP contribution in [-0.4, -0.2) is 56.0 Å². The lowest BCUT2D eigenvalue weighted by atomic mass is 10.1. The van der Waals surface area contributed by atoms with E-state index in [4.69, 9.17) is 4.74 Å². The predicted molar refractivity (Wildman–Crippen MR) is 60.1 cm³/mol. The monoisotopic (exact) mass is 228 g/mol. The lowest BCUT2D eigenvalue weighted by Gasteiger charge is -2.27. The van der Waals surface area contributed by atoms with Gasteiger partial charge in [-0.15, -0.1) is 0 Å². The molecule has 0 aromatic heterocycles. The second kappa shape index (κ2) is 5.41. The van der Waals surface area contributed by atoms with E-state index in [9.17, 15) is 9.59 Å². The van der Waals surface area contributed by atoms with E-state index in [-0.39, 0.29) is 23.8 Å². The molecule has 5 heteroatoms. The Morgan fingerprint density at radius 3 is 2.50 bits per heavy atom. The standard InChI is InChI=1S/C11H20N2O3/c1-7(2)10(14)11(15)13(4)9-6-16-5-8(9)12-3/h7-9,12H,5-6H2,1-4H3.